The molecule has 4 nitrogen and oxygen atoms in total. The molecule has 4 heteroatoms. The molecule has 0 fully saturated rings. The molecule has 1 heterocycles. The van der Waals surface area contributed by atoms with Crippen LogP contribution in [0.15, 0.2) is 48.7 Å². The minimum Gasteiger partial charge on any atom is -0.334 e. The van der Waals surface area contributed by atoms with Crippen molar-refractivity contribution in [1.29, 1.82) is 0 Å². The number of hydrogen-bond donors (Lipinski definition) is 1. The molecule has 0 spiro atoms. The lowest BCUT2D eigenvalue weighted by Crippen LogP contribution is -2.38. The SMILES string of the molecule is Cc1ccccc1CNC(=O)N(C)C(C)c1ccccn1. The summed E-state index contributed by atoms with van der Waals surface area (Å²) in [6, 6.07) is 13.6. The molecule has 0 saturated carbocycles. The normalized spacial score (nSPS) is 11.8. The van der Waals surface area contributed by atoms with Crippen molar-refractivity contribution < 1.29 is 4.79 Å². The van der Waals surface area contributed by atoms with Crippen LogP contribution in [0.1, 0.15) is 29.8 Å². The molecule has 2 aromatic rings. The molecule has 2 amide bonds. The highest BCUT2D eigenvalue weighted by Crippen LogP contribution is 2.16. The zero-order valence-corrected chi connectivity index (χ0v) is 12.7. The van der Waals surface area contributed by atoms with Crippen LogP contribution in [0, 0.1) is 6.92 Å². The van der Waals surface area contributed by atoms with Gasteiger partial charge in [0.15, 0.2) is 0 Å². The fraction of sp³-hybridized carbons (Fsp3) is 0.294. The van der Waals surface area contributed by atoms with Crippen LogP contribution < -0.4 is 5.32 Å². The van der Waals surface area contributed by atoms with Crippen LogP contribution in [0.2, 0.25) is 0 Å². The van der Waals surface area contributed by atoms with E-state index in [2.05, 4.69) is 10.3 Å². The van der Waals surface area contributed by atoms with E-state index in [0.29, 0.717) is 6.54 Å². The number of carbonyl (C=O) groups is 1. The van der Waals surface area contributed by atoms with Gasteiger partial charge in [0, 0.05) is 19.8 Å². The Kier molecular flexibility index (Phi) is 4.93. The third-order valence-corrected chi connectivity index (χ3v) is 3.71. The van der Waals surface area contributed by atoms with E-state index >= 15 is 0 Å². The van der Waals surface area contributed by atoms with Gasteiger partial charge >= 0.3 is 6.03 Å². The van der Waals surface area contributed by atoms with Crippen molar-refractivity contribution >= 4 is 6.03 Å². The van der Waals surface area contributed by atoms with E-state index < -0.39 is 0 Å². The number of benzene rings is 1. The smallest absolute Gasteiger partial charge is 0.317 e. The summed E-state index contributed by atoms with van der Waals surface area (Å²) in [6.07, 6.45) is 1.74. The molecule has 1 unspecified atom stereocenters. The Bertz CT molecular complexity index is 598. The molecule has 1 N–H and O–H groups in total. The Labute approximate surface area is 125 Å². The Balaban J connectivity index is 1.95. The van der Waals surface area contributed by atoms with Crippen molar-refractivity contribution in [1.82, 2.24) is 15.2 Å². The minimum atomic E-state index is -0.101. The fourth-order valence-corrected chi connectivity index (χ4v) is 2.10. The zero-order valence-electron chi connectivity index (χ0n) is 12.7. The number of rotatable bonds is 4. The van der Waals surface area contributed by atoms with Crippen LogP contribution in [-0.2, 0) is 6.54 Å². The van der Waals surface area contributed by atoms with E-state index in [1.807, 2.05) is 56.3 Å². The van der Waals surface area contributed by atoms with Crippen molar-refractivity contribution in [3.8, 4) is 0 Å². The molecule has 0 radical (unpaired) electrons. The second kappa shape index (κ2) is 6.88. The highest BCUT2D eigenvalue weighted by Gasteiger charge is 2.17. The second-order valence-electron chi connectivity index (χ2n) is 5.13. The van der Waals surface area contributed by atoms with Crippen LogP contribution >= 0.6 is 0 Å². The van der Waals surface area contributed by atoms with Crippen LogP contribution in [0.25, 0.3) is 0 Å². The van der Waals surface area contributed by atoms with E-state index in [4.69, 9.17) is 0 Å². The molecule has 2 rings (SSSR count). The van der Waals surface area contributed by atoms with Crippen LogP contribution in [0.4, 0.5) is 4.79 Å². The van der Waals surface area contributed by atoms with Gasteiger partial charge in [-0.3, -0.25) is 4.98 Å². The topological polar surface area (TPSA) is 45.2 Å². The fourth-order valence-electron chi connectivity index (χ4n) is 2.10. The number of aryl methyl sites for hydroxylation is 1. The third-order valence-electron chi connectivity index (χ3n) is 3.71. The van der Waals surface area contributed by atoms with Gasteiger partial charge in [-0.25, -0.2) is 4.79 Å². The Hall–Kier alpha value is -2.36. The summed E-state index contributed by atoms with van der Waals surface area (Å²) in [6.45, 7) is 4.54. The summed E-state index contributed by atoms with van der Waals surface area (Å²) in [5.74, 6) is 0. The Morgan fingerprint density at radius 1 is 1.24 bits per heavy atom. The molecule has 0 saturated heterocycles. The number of pyridine rings is 1. The molecule has 1 atom stereocenters. The molecule has 1 aromatic heterocycles. The largest absolute Gasteiger partial charge is 0.334 e. The standard InChI is InChI=1S/C17H21N3O/c1-13-8-4-5-9-15(13)12-19-17(21)20(3)14(2)16-10-6-7-11-18-16/h4-11,14H,12H2,1-3H3,(H,19,21). The number of carbonyl (C=O) groups excluding carboxylic acids is 1. The maximum absolute atomic E-state index is 12.2. The Morgan fingerprint density at radius 2 is 1.95 bits per heavy atom. The van der Waals surface area contributed by atoms with Gasteiger partial charge in [-0.1, -0.05) is 30.3 Å². The number of urea groups is 1. The van der Waals surface area contributed by atoms with Crippen molar-refractivity contribution in [2.24, 2.45) is 0 Å². The van der Waals surface area contributed by atoms with Crippen molar-refractivity contribution in [2.75, 3.05) is 7.05 Å². The number of nitrogens with zero attached hydrogens (tertiary/aromatic N) is 2. The van der Waals surface area contributed by atoms with Gasteiger partial charge in [0.25, 0.3) is 0 Å². The summed E-state index contributed by atoms with van der Waals surface area (Å²) in [7, 11) is 1.78. The van der Waals surface area contributed by atoms with Crippen molar-refractivity contribution in [2.45, 2.75) is 26.4 Å². The summed E-state index contributed by atoms with van der Waals surface area (Å²) >= 11 is 0. The van der Waals surface area contributed by atoms with Crippen LogP contribution in [0.5, 0.6) is 0 Å². The molecule has 21 heavy (non-hydrogen) atoms. The highest BCUT2D eigenvalue weighted by molar-refractivity contribution is 5.74. The molecule has 110 valence electrons. The summed E-state index contributed by atoms with van der Waals surface area (Å²) in [5.41, 5.74) is 3.19. The first kappa shape index (κ1) is 15.0. The summed E-state index contributed by atoms with van der Waals surface area (Å²) in [5, 5.41) is 2.95. The van der Waals surface area contributed by atoms with Gasteiger partial charge < -0.3 is 10.2 Å². The average Bonchev–Trinajstić information content (AvgIpc) is 2.53. The zero-order chi connectivity index (χ0) is 15.2. The first-order chi connectivity index (χ1) is 10.1. The van der Waals surface area contributed by atoms with Crippen LogP contribution in [0.3, 0.4) is 0 Å². The average molecular weight is 283 g/mol. The first-order valence-corrected chi connectivity index (χ1v) is 7.05. The maximum Gasteiger partial charge on any atom is 0.317 e. The molecule has 0 aliphatic carbocycles. The lowest BCUT2D eigenvalue weighted by molar-refractivity contribution is 0.193. The predicted molar refractivity (Wildman–Crippen MR) is 83.8 cm³/mol. The van der Waals surface area contributed by atoms with E-state index in [-0.39, 0.29) is 12.1 Å². The molecular weight excluding hydrogens is 262 g/mol. The van der Waals surface area contributed by atoms with E-state index in [0.717, 1.165) is 11.3 Å². The lowest BCUT2D eigenvalue weighted by Gasteiger charge is -2.25. The van der Waals surface area contributed by atoms with E-state index in [1.54, 1.807) is 18.1 Å². The Morgan fingerprint density at radius 3 is 2.62 bits per heavy atom. The van der Waals surface area contributed by atoms with E-state index in [9.17, 15) is 4.79 Å². The summed E-state index contributed by atoms with van der Waals surface area (Å²) < 4.78 is 0. The van der Waals surface area contributed by atoms with Crippen LogP contribution in [-0.4, -0.2) is 23.0 Å². The maximum atomic E-state index is 12.2. The quantitative estimate of drug-likeness (QED) is 0.935. The van der Waals surface area contributed by atoms with Gasteiger partial charge in [-0.15, -0.1) is 0 Å². The minimum absolute atomic E-state index is 0.0666. The second-order valence-corrected chi connectivity index (χ2v) is 5.13. The summed E-state index contributed by atoms with van der Waals surface area (Å²) in [4.78, 5) is 18.2. The predicted octanol–water partition coefficient (Wildman–Crippen LogP) is 3.29. The first-order valence-electron chi connectivity index (χ1n) is 7.05. The third kappa shape index (κ3) is 3.81. The number of aromatic nitrogens is 1. The highest BCUT2D eigenvalue weighted by atomic mass is 16.2. The van der Waals surface area contributed by atoms with Gasteiger partial charge in [0.1, 0.15) is 0 Å². The molecule has 1 aromatic carbocycles. The van der Waals surface area contributed by atoms with Crippen molar-refractivity contribution in [3.05, 3.63) is 65.5 Å². The molecular formula is C17H21N3O. The number of amides is 2. The van der Waals surface area contributed by atoms with Gasteiger partial charge in [0.2, 0.25) is 0 Å². The van der Waals surface area contributed by atoms with Gasteiger partial charge in [-0.05, 0) is 37.1 Å². The van der Waals surface area contributed by atoms with Crippen molar-refractivity contribution in [3.63, 3.8) is 0 Å². The monoisotopic (exact) mass is 283 g/mol. The number of nitrogens with one attached hydrogen (secondary N) is 1. The number of hydrogen-bond acceptors (Lipinski definition) is 2. The van der Waals surface area contributed by atoms with E-state index in [1.165, 1.54) is 5.56 Å². The lowest BCUT2D eigenvalue weighted by atomic mass is 10.1. The molecule has 0 aliphatic heterocycles. The molecule has 0 bridgehead atoms. The van der Waals surface area contributed by atoms with Gasteiger partial charge in [0.05, 0.1) is 11.7 Å². The molecule has 0 aliphatic rings. The van der Waals surface area contributed by atoms with Gasteiger partial charge in [-0.2, -0.15) is 0 Å².